The Bertz CT molecular complexity index is 649. The molecule has 8 heteroatoms. The minimum Gasteiger partial charge on any atom is -0.334 e. The number of nitrogens with zero attached hydrogens (tertiary/aromatic N) is 2. The second-order valence-corrected chi connectivity index (χ2v) is 7.42. The number of rotatable bonds is 4. The Morgan fingerprint density at radius 1 is 1.22 bits per heavy atom. The van der Waals surface area contributed by atoms with Gasteiger partial charge in [-0.1, -0.05) is 44.2 Å². The molecule has 0 radical (unpaired) electrons. The number of carbonyl (C=O) groups excluding carboxylic acids is 2. The van der Waals surface area contributed by atoms with Crippen molar-refractivity contribution in [2.75, 3.05) is 26.2 Å². The molecule has 0 aromatic heterocycles. The summed E-state index contributed by atoms with van der Waals surface area (Å²) < 4.78 is 14.1. The molecule has 1 aromatic rings. The highest BCUT2D eigenvalue weighted by Gasteiger charge is 2.40. The molecule has 1 aromatic carbocycles. The number of halogens is 1. The largest absolute Gasteiger partial charge is 0.334 e. The summed E-state index contributed by atoms with van der Waals surface area (Å²) in [6.45, 7) is 6.62. The Balaban J connectivity index is 1.48. The van der Waals surface area contributed by atoms with Crippen molar-refractivity contribution in [1.82, 2.24) is 25.8 Å². The molecule has 0 spiro atoms. The van der Waals surface area contributed by atoms with Gasteiger partial charge in [-0.2, -0.15) is 0 Å². The van der Waals surface area contributed by atoms with Crippen LogP contribution in [0.25, 0.3) is 0 Å². The van der Waals surface area contributed by atoms with Crippen molar-refractivity contribution >= 4 is 11.9 Å². The molecule has 27 heavy (non-hydrogen) atoms. The van der Waals surface area contributed by atoms with Gasteiger partial charge >= 0.3 is 6.03 Å². The minimum absolute atomic E-state index is 0.0126. The minimum atomic E-state index is -1.54. The second-order valence-electron chi connectivity index (χ2n) is 7.42. The van der Waals surface area contributed by atoms with Crippen molar-refractivity contribution in [3.63, 3.8) is 0 Å². The lowest BCUT2D eigenvalue weighted by atomic mass is 9.97. The Hall–Kier alpha value is -2.19. The molecule has 148 valence electrons. The van der Waals surface area contributed by atoms with E-state index in [1.165, 1.54) is 0 Å². The van der Waals surface area contributed by atoms with Crippen LogP contribution in [-0.2, 0) is 11.3 Å². The van der Waals surface area contributed by atoms with Crippen molar-refractivity contribution in [2.24, 2.45) is 5.92 Å². The van der Waals surface area contributed by atoms with Crippen molar-refractivity contribution in [3.05, 3.63) is 35.9 Å². The van der Waals surface area contributed by atoms with Gasteiger partial charge in [0.05, 0.1) is 6.04 Å². The van der Waals surface area contributed by atoms with E-state index in [2.05, 4.69) is 16.0 Å². The zero-order chi connectivity index (χ0) is 19.4. The van der Waals surface area contributed by atoms with E-state index in [1.807, 2.05) is 49.1 Å². The molecule has 3 unspecified atom stereocenters. The van der Waals surface area contributed by atoms with Gasteiger partial charge in [0.15, 0.2) is 6.17 Å². The van der Waals surface area contributed by atoms with Gasteiger partial charge in [0, 0.05) is 32.7 Å². The first-order chi connectivity index (χ1) is 13.0. The molecule has 7 nitrogen and oxygen atoms in total. The molecule has 2 saturated heterocycles. The number of urea groups is 1. The summed E-state index contributed by atoms with van der Waals surface area (Å²) in [5, 5.41) is 8.82. The monoisotopic (exact) mass is 377 g/mol. The normalized spacial score (nSPS) is 26.7. The fourth-order valence-corrected chi connectivity index (χ4v) is 3.48. The van der Waals surface area contributed by atoms with E-state index in [0.717, 1.165) is 5.56 Å². The lowest BCUT2D eigenvalue weighted by Crippen LogP contribution is -2.71. The first kappa shape index (κ1) is 19.6. The summed E-state index contributed by atoms with van der Waals surface area (Å²) in [5.74, 6) is -0.556. The van der Waals surface area contributed by atoms with Gasteiger partial charge in [-0.25, -0.2) is 9.18 Å². The van der Waals surface area contributed by atoms with Crippen LogP contribution in [0.2, 0.25) is 0 Å². The van der Waals surface area contributed by atoms with Crippen LogP contribution in [0, 0.1) is 5.92 Å². The van der Waals surface area contributed by atoms with Gasteiger partial charge in [0.25, 0.3) is 5.91 Å². The molecule has 2 fully saturated rings. The lowest BCUT2D eigenvalue weighted by molar-refractivity contribution is -0.135. The van der Waals surface area contributed by atoms with Gasteiger partial charge in [-0.05, 0) is 11.5 Å². The van der Waals surface area contributed by atoms with E-state index in [-0.39, 0.29) is 11.9 Å². The molecular formula is C19H28FN5O2. The number of hydrogen-bond donors (Lipinski definition) is 3. The predicted molar refractivity (Wildman–Crippen MR) is 100 cm³/mol. The number of piperazine rings is 1. The molecule has 0 bridgehead atoms. The molecule has 2 aliphatic heterocycles. The number of hydrogen-bond acceptors (Lipinski definition) is 4. The molecule has 3 N–H and O–H groups in total. The fraction of sp³-hybridized carbons (Fsp3) is 0.579. The van der Waals surface area contributed by atoms with Gasteiger partial charge in [0.2, 0.25) is 0 Å². The van der Waals surface area contributed by atoms with E-state index in [0.29, 0.717) is 32.7 Å². The van der Waals surface area contributed by atoms with Gasteiger partial charge in [-0.3, -0.25) is 15.0 Å². The third-order valence-corrected chi connectivity index (χ3v) is 5.17. The van der Waals surface area contributed by atoms with Gasteiger partial charge in [-0.15, -0.1) is 0 Å². The highest BCUT2D eigenvalue weighted by molar-refractivity contribution is 5.82. The Labute approximate surface area is 159 Å². The zero-order valence-electron chi connectivity index (χ0n) is 15.8. The van der Waals surface area contributed by atoms with E-state index in [9.17, 15) is 14.0 Å². The van der Waals surface area contributed by atoms with Crippen LogP contribution in [0.1, 0.15) is 19.4 Å². The van der Waals surface area contributed by atoms with E-state index < -0.39 is 24.4 Å². The molecular weight excluding hydrogens is 349 g/mol. The first-order valence-corrected chi connectivity index (χ1v) is 9.47. The van der Waals surface area contributed by atoms with Crippen LogP contribution in [0.15, 0.2) is 30.3 Å². The third kappa shape index (κ3) is 4.75. The summed E-state index contributed by atoms with van der Waals surface area (Å²) in [6.07, 6.45) is -1.93. The van der Waals surface area contributed by atoms with Crippen LogP contribution < -0.4 is 16.0 Å². The number of amides is 3. The van der Waals surface area contributed by atoms with Crippen LogP contribution >= 0.6 is 0 Å². The van der Waals surface area contributed by atoms with E-state index in [4.69, 9.17) is 0 Å². The summed E-state index contributed by atoms with van der Waals surface area (Å²) in [5.41, 5.74) is 1.05. The van der Waals surface area contributed by atoms with Crippen LogP contribution in [0.3, 0.4) is 0 Å². The second kappa shape index (κ2) is 8.67. The van der Waals surface area contributed by atoms with Gasteiger partial charge < -0.3 is 15.5 Å². The Morgan fingerprint density at radius 3 is 2.52 bits per heavy atom. The number of carbonyl (C=O) groups is 2. The molecule has 2 heterocycles. The summed E-state index contributed by atoms with van der Waals surface area (Å²) in [6, 6.07) is 9.17. The Morgan fingerprint density at radius 2 is 1.89 bits per heavy atom. The maximum Gasteiger partial charge on any atom is 0.317 e. The van der Waals surface area contributed by atoms with Crippen LogP contribution in [-0.4, -0.2) is 66.4 Å². The predicted octanol–water partition coefficient (Wildman–Crippen LogP) is 0.880. The van der Waals surface area contributed by atoms with Crippen molar-refractivity contribution in [2.45, 2.75) is 38.9 Å². The summed E-state index contributed by atoms with van der Waals surface area (Å²) in [4.78, 5) is 28.1. The maximum atomic E-state index is 14.1. The molecule has 3 atom stereocenters. The SMILES string of the molecule is CC(C)C1NC(N2CCN(C(=O)NCc3ccccc3)CC2)NC(=O)C1F. The van der Waals surface area contributed by atoms with Gasteiger partial charge in [0.1, 0.15) is 6.29 Å². The number of alkyl halides is 1. The van der Waals surface area contributed by atoms with Crippen LogP contribution in [0.4, 0.5) is 9.18 Å². The van der Waals surface area contributed by atoms with Crippen molar-refractivity contribution in [1.29, 1.82) is 0 Å². The highest BCUT2D eigenvalue weighted by atomic mass is 19.1. The third-order valence-electron chi connectivity index (χ3n) is 5.17. The van der Waals surface area contributed by atoms with Crippen molar-refractivity contribution < 1.29 is 14.0 Å². The number of nitrogens with one attached hydrogen (secondary N) is 3. The molecule has 0 saturated carbocycles. The molecule has 3 rings (SSSR count). The van der Waals surface area contributed by atoms with Crippen molar-refractivity contribution in [3.8, 4) is 0 Å². The standard InChI is InChI=1S/C19H28FN5O2/c1-13(2)16-15(20)17(26)23-18(22-16)24-8-10-25(11-9-24)19(27)21-12-14-6-4-3-5-7-14/h3-7,13,15-16,18,22H,8-12H2,1-2H3,(H,21,27)(H,23,26). The summed E-state index contributed by atoms with van der Waals surface area (Å²) in [7, 11) is 0. The van der Waals surface area contributed by atoms with E-state index in [1.54, 1.807) is 4.90 Å². The molecule has 2 aliphatic rings. The topological polar surface area (TPSA) is 76.7 Å². The molecule has 3 amide bonds. The Kier molecular flexibility index (Phi) is 6.28. The van der Waals surface area contributed by atoms with Crippen LogP contribution in [0.5, 0.6) is 0 Å². The average molecular weight is 377 g/mol. The highest BCUT2D eigenvalue weighted by Crippen LogP contribution is 2.17. The molecule has 0 aliphatic carbocycles. The fourth-order valence-electron chi connectivity index (χ4n) is 3.48. The average Bonchev–Trinajstić information content (AvgIpc) is 2.68. The smallest absolute Gasteiger partial charge is 0.317 e. The quantitative estimate of drug-likeness (QED) is 0.728. The lowest BCUT2D eigenvalue weighted by Gasteiger charge is -2.44. The maximum absolute atomic E-state index is 14.1. The zero-order valence-corrected chi connectivity index (χ0v) is 15.8. The number of benzene rings is 1. The summed E-state index contributed by atoms with van der Waals surface area (Å²) >= 11 is 0. The first-order valence-electron chi connectivity index (χ1n) is 9.47. The van der Waals surface area contributed by atoms with E-state index >= 15 is 0 Å².